The van der Waals surface area contributed by atoms with Gasteiger partial charge >= 0.3 is 6.09 Å². The molecule has 1 heterocycles. The van der Waals surface area contributed by atoms with Crippen LogP contribution in [0.25, 0.3) is 0 Å². The monoisotopic (exact) mass is 327 g/mol. The zero-order valence-corrected chi connectivity index (χ0v) is 13.6. The van der Waals surface area contributed by atoms with Gasteiger partial charge in [0.25, 0.3) is 0 Å². The van der Waals surface area contributed by atoms with Gasteiger partial charge in [0.2, 0.25) is 0 Å². The van der Waals surface area contributed by atoms with Crippen LogP contribution < -0.4 is 19.9 Å². The SMILES string of the molecule is COc1ccc(N2CCN(c3ccc(NC(=O)O)cc3)CC2)cc1. The van der Waals surface area contributed by atoms with E-state index >= 15 is 0 Å². The highest BCUT2D eigenvalue weighted by Gasteiger charge is 2.17. The highest BCUT2D eigenvalue weighted by Crippen LogP contribution is 2.23. The number of hydrogen-bond donors (Lipinski definition) is 2. The van der Waals surface area contributed by atoms with Crippen molar-refractivity contribution in [1.29, 1.82) is 0 Å². The molecule has 1 aliphatic heterocycles. The van der Waals surface area contributed by atoms with Gasteiger partial charge in [0.05, 0.1) is 7.11 Å². The second-order valence-electron chi connectivity index (χ2n) is 5.65. The first-order valence-corrected chi connectivity index (χ1v) is 7.89. The first-order valence-electron chi connectivity index (χ1n) is 7.89. The van der Waals surface area contributed by atoms with Gasteiger partial charge in [0.15, 0.2) is 0 Å². The first kappa shape index (κ1) is 16.0. The molecule has 0 atom stereocenters. The van der Waals surface area contributed by atoms with E-state index in [1.54, 1.807) is 19.2 Å². The van der Waals surface area contributed by atoms with Crippen molar-refractivity contribution in [3.8, 4) is 5.75 Å². The summed E-state index contributed by atoms with van der Waals surface area (Å²) in [7, 11) is 1.67. The minimum absolute atomic E-state index is 0.586. The predicted octanol–water partition coefficient (Wildman–Crippen LogP) is 3.11. The molecule has 2 aromatic rings. The van der Waals surface area contributed by atoms with Crippen molar-refractivity contribution in [2.24, 2.45) is 0 Å². The fourth-order valence-corrected chi connectivity index (χ4v) is 2.89. The van der Waals surface area contributed by atoms with E-state index in [1.165, 1.54) is 5.69 Å². The fraction of sp³-hybridized carbons (Fsp3) is 0.278. The van der Waals surface area contributed by atoms with Gasteiger partial charge in [-0.3, -0.25) is 5.32 Å². The second-order valence-corrected chi connectivity index (χ2v) is 5.65. The Balaban J connectivity index is 1.58. The molecule has 0 unspecified atom stereocenters. The maximum absolute atomic E-state index is 10.6. The molecular weight excluding hydrogens is 306 g/mol. The summed E-state index contributed by atoms with van der Waals surface area (Å²) in [5.74, 6) is 0.868. The molecule has 24 heavy (non-hydrogen) atoms. The molecule has 1 saturated heterocycles. The normalized spacial score (nSPS) is 14.4. The van der Waals surface area contributed by atoms with E-state index in [2.05, 4.69) is 27.2 Å². The van der Waals surface area contributed by atoms with E-state index in [4.69, 9.17) is 9.84 Å². The molecule has 1 aliphatic rings. The number of carboxylic acid groups (broad SMARTS) is 1. The molecule has 0 spiro atoms. The van der Waals surface area contributed by atoms with Crippen LogP contribution in [0.4, 0.5) is 21.9 Å². The van der Waals surface area contributed by atoms with E-state index in [0.717, 1.165) is 37.6 Å². The van der Waals surface area contributed by atoms with Gasteiger partial charge in [-0.05, 0) is 48.5 Å². The first-order chi connectivity index (χ1) is 11.7. The molecular formula is C18H21N3O3. The van der Waals surface area contributed by atoms with Crippen molar-refractivity contribution in [2.75, 3.05) is 48.4 Å². The Labute approximate surface area is 141 Å². The number of hydrogen-bond acceptors (Lipinski definition) is 4. The predicted molar refractivity (Wildman–Crippen MR) is 95.5 cm³/mol. The number of anilines is 3. The van der Waals surface area contributed by atoms with Gasteiger partial charge in [-0.25, -0.2) is 4.79 Å². The molecule has 0 saturated carbocycles. The summed E-state index contributed by atoms with van der Waals surface area (Å²) >= 11 is 0. The number of rotatable bonds is 4. The number of ether oxygens (including phenoxy) is 1. The van der Waals surface area contributed by atoms with Gasteiger partial charge in [-0.1, -0.05) is 0 Å². The van der Waals surface area contributed by atoms with E-state index in [0.29, 0.717) is 5.69 Å². The molecule has 1 amide bonds. The summed E-state index contributed by atoms with van der Waals surface area (Å²) in [4.78, 5) is 15.3. The molecule has 2 aromatic carbocycles. The van der Waals surface area contributed by atoms with Gasteiger partial charge in [0, 0.05) is 43.2 Å². The Kier molecular flexibility index (Phi) is 4.74. The summed E-state index contributed by atoms with van der Waals surface area (Å²) in [5.41, 5.74) is 2.90. The summed E-state index contributed by atoms with van der Waals surface area (Å²) in [5, 5.41) is 11.1. The van der Waals surface area contributed by atoms with Gasteiger partial charge in [-0.15, -0.1) is 0 Å². The van der Waals surface area contributed by atoms with Crippen molar-refractivity contribution < 1.29 is 14.6 Å². The molecule has 0 radical (unpaired) electrons. The van der Waals surface area contributed by atoms with Gasteiger partial charge in [0.1, 0.15) is 5.75 Å². The molecule has 6 heteroatoms. The zero-order chi connectivity index (χ0) is 16.9. The molecule has 0 aromatic heterocycles. The number of benzene rings is 2. The minimum atomic E-state index is -1.05. The molecule has 6 nitrogen and oxygen atoms in total. The summed E-state index contributed by atoms with van der Waals surface area (Å²) < 4.78 is 5.20. The highest BCUT2D eigenvalue weighted by molar-refractivity contribution is 5.83. The van der Waals surface area contributed by atoms with Crippen LogP contribution in [0.5, 0.6) is 5.75 Å². The van der Waals surface area contributed by atoms with Crippen LogP contribution >= 0.6 is 0 Å². The van der Waals surface area contributed by atoms with E-state index < -0.39 is 6.09 Å². The maximum atomic E-state index is 10.6. The van der Waals surface area contributed by atoms with Crippen LogP contribution in [0.3, 0.4) is 0 Å². The molecule has 0 bridgehead atoms. The van der Waals surface area contributed by atoms with Gasteiger partial charge in [-0.2, -0.15) is 0 Å². The Morgan fingerprint density at radius 2 is 1.38 bits per heavy atom. The number of nitrogens with one attached hydrogen (secondary N) is 1. The van der Waals surface area contributed by atoms with Crippen molar-refractivity contribution in [3.05, 3.63) is 48.5 Å². The number of methoxy groups -OCH3 is 1. The van der Waals surface area contributed by atoms with Crippen LogP contribution in [-0.4, -0.2) is 44.5 Å². The number of piperazine rings is 1. The smallest absolute Gasteiger partial charge is 0.409 e. The van der Waals surface area contributed by atoms with Crippen LogP contribution in [0, 0.1) is 0 Å². The fourth-order valence-electron chi connectivity index (χ4n) is 2.89. The Hall–Kier alpha value is -2.89. The maximum Gasteiger partial charge on any atom is 0.409 e. The van der Waals surface area contributed by atoms with Crippen molar-refractivity contribution >= 4 is 23.2 Å². The highest BCUT2D eigenvalue weighted by atomic mass is 16.5. The molecule has 3 rings (SSSR count). The Bertz CT molecular complexity index is 678. The largest absolute Gasteiger partial charge is 0.497 e. The Morgan fingerprint density at radius 1 is 0.917 bits per heavy atom. The quantitative estimate of drug-likeness (QED) is 0.903. The number of amides is 1. The summed E-state index contributed by atoms with van der Waals surface area (Å²) in [6, 6.07) is 15.6. The minimum Gasteiger partial charge on any atom is -0.497 e. The number of nitrogens with zero attached hydrogens (tertiary/aromatic N) is 2. The lowest BCUT2D eigenvalue weighted by atomic mass is 10.2. The van der Waals surface area contributed by atoms with Crippen LogP contribution in [-0.2, 0) is 0 Å². The third-order valence-corrected chi connectivity index (χ3v) is 4.20. The molecule has 0 aliphatic carbocycles. The van der Waals surface area contributed by atoms with Crippen LogP contribution in [0.2, 0.25) is 0 Å². The second kappa shape index (κ2) is 7.12. The van der Waals surface area contributed by atoms with E-state index in [-0.39, 0.29) is 0 Å². The van der Waals surface area contributed by atoms with Crippen LogP contribution in [0.15, 0.2) is 48.5 Å². The topological polar surface area (TPSA) is 65.0 Å². The summed E-state index contributed by atoms with van der Waals surface area (Å²) in [6.07, 6.45) is -1.05. The average Bonchev–Trinajstić information content (AvgIpc) is 2.62. The lowest BCUT2D eigenvalue weighted by Crippen LogP contribution is -2.46. The summed E-state index contributed by atoms with van der Waals surface area (Å²) in [6.45, 7) is 3.75. The third-order valence-electron chi connectivity index (χ3n) is 4.20. The zero-order valence-electron chi connectivity index (χ0n) is 13.6. The standard InChI is InChI=1S/C18H21N3O3/c1-24-17-8-6-16(7-9-17)21-12-10-20(11-13-21)15-4-2-14(3-5-15)19-18(22)23/h2-9,19H,10-13H2,1H3,(H,22,23). The average molecular weight is 327 g/mol. The van der Waals surface area contributed by atoms with E-state index in [9.17, 15) is 4.79 Å². The molecule has 2 N–H and O–H groups in total. The van der Waals surface area contributed by atoms with Crippen molar-refractivity contribution in [1.82, 2.24) is 0 Å². The molecule has 1 fully saturated rings. The lowest BCUT2D eigenvalue weighted by Gasteiger charge is -2.37. The van der Waals surface area contributed by atoms with E-state index in [1.807, 2.05) is 24.3 Å². The van der Waals surface area contributed by atoms with Crippen molar-refractivity contribution in [3.63, 3.8) is 0 Å². The van der Waals surface area contributed by atoms with Crippen molar-refractivity contribution in [2.45, 2.75) is 0 Å². The Morgan fingerprint density at radius 3 is 1.79 bits per heavy atom. The molecule has 126 valence electrons. The lowest BCUT2D eigenvalue weighted by molar-refractivity contribution is 0.210. The third kappa shape index (κ3) is 3.71. The van der Waals surface area contributed by atoms with Gasteiger partial charge < -0.3 is 19.6 Å². The van der Waals surface area contributed by atoms with Crippen LogP contribution in [0.1, 0.15) is 0 Å². The number of carbonyl (C=O) groups is 1.